The smallest absolute Gasteiger partial charge is 0.132 e. The average molecular weight is 278 g/mol. The number of terminal acetylenes is 1. The highest BCUT2D eigenvalue weighted by molar-refractivity contribution is 5.49. The Morgan fingerprint density at radius 3 is 2.38 bits per heavy atom. The Morgan fingerprint density at radius 2 is 1.76 bits per heavy atom. The molecule has 0 aliphatic carbocycles. The van der Waals surface area contributed by atoms with Gasteiger partial charge in [-0.15, -0.1) is 6.42 Å². The molecule has 0 saturated heterocycles. The summed E-state index contributed by atoms with van der Waals surface area (Å²) in [6.45, 7) is 8.66. The first-order valence-corrected chi connectivity index (χ1v) is 7.32. The molecule has 0 amide bonds. The van der Waals surface area contributed by atoms with Gasteiger partial charge in [-0.1, -0.05) is 57.9 Å². The van der Waals surface area contributed by atoms with Crippen LogP contribution in [0.25, 0.3) is 0 Å². The third kappa shape index (κ3) is 3.47. The maximum Gasteiger partial charge on any atom is 0.132 e. The monoisotopic (exact) mass is 278 g/mol. The number of hydrogen-bond acceptors (Lipinski definition) is 1. The second-order valence-corrected chi connectivity index (χ2v) is 6.17. The fraction of sp³-hybridized carbons (Fsp3) is 0.300. The number of aryl methyl sites for hydroxylation is 1. The molecule has 0 spiro atoms. The van der Waals surface area contributed by atoms with Crippen LogP contribution in [-0.2, 0) is 11.8 Å². The van der Waals surface area contributed by atoms with E-state index in [0.717, 1.165) is 29.0 Å². The predicted octanol–water partition coefficient (Wildman–Crippen LogP) is 5.32. The summed E-state index contributed by atoms with van der Waals surface area (Å²) in [6, 6.07) is 14.1. The van der Waals surface area contributed by atoms with E-state index in [0.29, 0.717) is 0 Å². The molecule has 0 aromatic heterocycles. The summed E-state index contributed by atoms with van der Waals surface area (Å²) >= 11 is 0. The van der Waals surface area contributed by atoms with Gasteiger partial charge < -0.3 is 4.74 Å². The molecule has 1 nitrogen and oxygen atoms in total. The SMILES string of the molecule is C#Cc1ccc(C(C)(C)C)c(Oc2ccccc2CC)c1. The van der Waals surface area contributed by atoms with Gasteiger partial charge >= 0.3 is 0 Å². The quantitative estimate of drug-likeness (QED) is 0.690. The Bertz CT molecular complexity index is 669. The van der Waals surface area contributed by atoms with Crippen molar-refractivity contribution in [1.29, 1.82) is 0 Å². The largest absolute Gasteiger partial charge is 0.457 e. The average Bonchev–Trinajstić information content (AvgIpc) is 2.46. The maximum atomic E-state index is 6.20. The third-order valence-electron chi connectivity index (χ3n) is 3.53. The van der Waals surface area contributed by atoms with E-state index in [4.69, 9.17) is 11.2 Å². The molecule has 2 rings (SSSR count). The van der Waals surface area contributed by atoms with Crippen molar-refractivity contribution in [1.82, 2.24) is 0 Å². The lowest BCUT2D eigenvalue weighted by Gasteiger charge is -2.23. The molecule has 0 aliphatic rings. The zero-order chi connectivity index (χ0) is 15.5. The molecule has 2 aromatic rings. The molecular formula is C20H22O. The molecule has 0 saturated carbocycles. The van der Waals surface area contributed by atoms with Crippen molar-refractivity contribution in [3.63, 3.8) is 0 Å². The van der Waals surface area contributed by atoms with E-state index in [9.17, 15) is 0 Å². The van der Waals surface area contributed by atoms with Crippen molar-refractivity contribution in [2.24, 2.45) is 0 Å². The van der Waals surface area contributed by atoms with E-state index in [-0.39, 0.29) is 5.41 Å². The van der Waals surface area contributed by atoms with Crippen LogP contribution in [0.2, 0.25) is 0 Å². The molecular weight excluding hydrogens is 256 g/mol. The Morgan fingerprint density at radius 1 is 1.05 bits per heavy atom. The highest BCUT2D eigenvalue weighted by atomic mass is 16.5. The molecule has 2 aromatic carbocycles. The molecule has 0 aliphatic heterocycles. The van der Waals surface area contributed by atoms with Gasteiger partial charge in [0.2, 0.25) is 0 Å². The zero-order valence-corrected chi connectivity index (χ0v) is 13.2. The second-order valence-electron chi connectivity index (χ2n) is 6.17. The summed E-state index contributed by atoms with van der Waals surface area (Å²) in [7, 11) is 0. The van der Waals surface area contributed by atoms with Crippen molar-refractivity contribution in [3.8, 4) is 23.8 Å². The molecule has 0 radical (unpaired) electrons. The van der Waals surface area contributed by atoms with E-state index in [1.54, 1.807) is 0 Å². The standard InChI is InChI=1S/C20H22O/c1-6-15-12-13-17(20(3,4)5)19(14-15)21-18-11-9-8-10-16(18)7-2/h1,8-14H,7H2,2-5H3. The van der Waals surface area contributed by atoms with E-state index in [1.165, 1.54) is 5.56 Å². The molecule has 0 atom stereocenters. The summed E-state index contributed by atoms with van der Waals surface area (Å²) < 4.78 is 6.20. The van der Waals surface area contributed by atoms with Gasteiger partial charge in [-0.3, -0.25) is 0 Å². The number of benzene rings is 2. The van der Waals surface area contributed by atoms with Crippen molar-refractivity contribution in [3.05, 3.63) is 59.2 Å². The summed E-state index contributed by atoms with van der Waals surface area (Å²) in [5.74, 6) is 4.43. The highest BCUT2D eigenvalue weighted by Gasteiger charge is 2.20. The maximum absolute atomic E-state index is 6.20. The first-order chi connectivity index (χ1) is 9.95. The molecule has 0 bridgehead atoms. The summed E-state index contributed by atoms with van der Waals surface area (Å²) in [4.78, 5) is 0. The van der Waals surface area contributed by atoms with Crippen molar-refractivity contribution in [2.45, 2.75) is 39.5 Å². The van der Waals surface area contributed by atoms with Crippen LogP contribution in [0.15, 0.2) is 42.5 Å². The predicted molar refractivity (Wildman–Crippen MR) is 89.0 cm³/mol. The number of para-hydroxylation sites is 1. The number of rotatable bonds is 3. The topological polar surface area (TPSA) is 9.23 Å². The Kier molecular flexibility index (Phi) is 4.38. The van der Waals surface area contributed by atoms with Crippen LogP contribution < -0.4 is 4.74 Å². The molecule has 0 unspecified atom stereocenters. The van der Waals surface area contributed by atoms with Gasteiger partial charge in [0.25, 0.3) is 0 Å². The number of hydrogen-bond donors (Lipinski definition) is 0. The Balaban J connectivity index is 2.49. The van der Waals surface area contributed by atoms with Gasteiger partial charge in [-0.2, -0.15) is 0 Å². The van der Waals surface area contributed by atoms with Gasteiger partial charge in [0.1, 0.15) is 11.5 Å². The Hall–Kier alpha value is -2.20. The van der Waals surface area contributed by atoms with Crippen molar-refractivity contribution < 1.29 is 4.74 Å². The fourth-order valence-corrected chi connectivity index (χ4v) is 2.33. The lowest BCUT2D eigenvalue weighted by atomic mass is 9.86. The van der Waals surface area contributed by atoms with Crippen LogP contribution in [0.3, 0.4) is 0 Å². The normalized spacial score (nSPS) is 11.0. The summed E-state index contributed by atoms with van der Waals surface area (Å²) in [6.07, 6.45) is 6.46. The first-order valence-electron chi connectivity index (χ1n) is 7.32. The van der Waals surface area contributed by atoms with Crippen LogP contribution in [0, 0.1) is 12.3 Å². The highest BCUT2D eigenvalue weighted by Crippen LogP contribution is 2.36. The van der Waals surface area contributed by atoms with Gasteiger partial charge in [-0.05, 0) is 35.6 Å². The van der Waals surface area contributed by atoms with Gasteiger partial charge in [0.05, 0.1) is 0 Å². The van der Waals surface area contributed by atoms with Crippen molar-refractivity contribution in [2.75, 3.05) is 0 Å². The van der Waals surface area contributed by atoms with Gasteiger partial charge in [0.15, 0.2) is 0 Å². The molecule has 21 heavy (non-hydrogen) atoms. The van der Waals surface area contributed by atoms with Crippen LogP contribution in [-0.4, -0.2) is 0 Å². The number of ether oxygens (including phenoxy) is 1. The van der Waals surface area contributed by atoms with E-state index in [2.05, 4.69) is 45.7 Å². The zero-order valence-electron chi connectivity index (χ0n) is 13.2. The van der Waals surface area contributed by atoms with Gasteiger partial charge in [-0.25, -0.2) is 0 Å². The summed E-state index contributed by atoms with van der Waals surface area (Å²) in [5.41, 5.74) is 3.20. The molecule has 0 N–H and O–H groups in total. The third-order valence-corrected chi connectivity index (χ3v) is 3.53. The van der Waals surface area contributed by atoms with Crippen LogP contribution in [0.5, 0.6) is 11.5 Å². The molecule has 0 fully saturated rings. The van der Waals surface area contributed by atoms with E-state index in [1.807, 2.05) is 30.3 Å². The minimum atomic E-state index is 0.00359. The van der Waals surface area contributed by atoms with E-state index >= 15 is 0 Å². The second kappa shape index (κ2) is 6.06. The van der Waals surface area contributed by atoms with Crippen molar-refractivity contribution >= 4 is 0 Å². The van der Waals surface area contributed by atoms with Crippen LogP contribution in [0.1, 0.15) is 44.4 Å². The fourth-order valence-electron chi connectivity index (χ4n) is 2.33. The Labute approximate surface area is 128 Å². The lowest BCUT2D eigenvalue weighted by molar-refractivity contribution is 0.451. The van der Waals surface area contributed by atoms with Gasteiger partial charge in [0, 0.05) is 11.1 Å². The molecule has 108 valence electrons. The van der Waals surface area contributed by atoms with E-state index < -0.39 is 0 Å². The molecule has 1 heteroatoms. The molecule has 0 heterocycles. The minimum absolute atomic E-state index is 0.00359. The first kappa shape index (κ1) is 15.2. The summed E-state index contributed by atoms with van der Waals surface area (Å²) in [5, 5.41) is 0. The minimum Gasteiger partial charge on any atom is -0.457 e. The van der Waals surface area contributed by atoms with Crippen LogP contribution >= 0.6 is 0 Å². The van der Waals surface area contributed by atoms with Crippen LogP contribution in [0.4, 0.5) is 0 Å². The lowest BCUT2D eigenvalue weighted by Crippen LogP contribution is -2.12.